The van der Waals surface area contributed by atoms with Crippen molar-refractivity contribution in [2.75, 3.05) is 0 Å². The first-order valence-electron chi connectivity index (χ1n) is 7.51. The number of nitriles is 1. The summed E-state index contributed by atoms with van der Waals surface area (Å²) in [5.41, 5.74) is 0. The summed E-state index contributed by atoms with van der Waals surface area (Å²) in [6.45, 7) is 0. The molecule has 0 N–H and O–H groups in total. The minimum atomic E-state index is 0.0625. The van der Waals surface area contributed by atoms with Crippen LogP contribution >= 0.6 is 0 Å². The van der Waals surface area contributed by atoms with E-state index >= 15 is 0 Å². The summed E-state index contributed by atoms with van der Waals surface area (Å²) in [7, 11) is 0. The molecular formula is C15H24N2O. The van der Waals surface area contributed by atoms with Gasteiger partial charge < -0.3 is 4.90 Å². The molecular weight excluding hydrogens is 224 g/mol. The Morgan fingerprint density at radius 3 is 1.78 bits per heavy atom. The maximum atomic E-state index is 12.2. The second-order valence-electron chi connectivity index (χ2n) is 5.72. The van der Waals surface area contributed by atoms with Gasteiger partial charge in [0.25, 0.3) is 0 Å². The highest BCUT2D eigenvalue weighted by Gasteiger charge is 2.31. The van der Waals surface area contributed by atoms with Crippen LogP contribution < -0.4 is 0 Å². The third kappa shape index (κ3) is 3.25. The van der Waals surface area contributed by atoms with Gasteiger partial charge in [-0.05, 0) is 25.7 Å². The van der Waals surface area contributed by atoms with E-state index in [9.17, 15) is 4.79 Å². The second kappa shape index (κ2) is 6.78. The Hall–Kier alpha value is -1.04. The van der Waals surface area contributed by atoms with Gasteiger partial charge in [0.15, 0.2) is 0 Å². The molecule has 1 amide bonds. The van der Waals surface area contributed by atoms with E-state index in [2.05, 4.69) is 4.90 Å². The molecule has 2 fully saturated rings. The van der Waals surface area contributed by atoms with Crippen LogP contribution in [0.15, 0.2) is 0 Å². The topological polar surface area (TPSA) is 44.1 Å². The van der Waals surface area contributed by atoms with Gasteiger partial charge in [0, 0.05) is 12.1 Å². The summed E-state index contributed by atoms with van der Waals surface area (Å²) >= 11 is 0. The normalized spacial score (nSPS) is 22.4. The Balaban J connectivity index is 2.05. The molecule has 0 saturated heterocycles. The zero-order chi connectivity index (χ0) is 12.8. The van der Waals surface area contributed by atoms with E-state index in [0.29, 0.717) is 12.1 Å². The van der Waals surface area contributed by atoms with Crippen molar-refractivity contribution >= 4 is 5.91 Å². The van der Waals surface area contributed by atoms with E-state index in [1.807, 2.05) is 6.07 Å². The first kappa shape index (κ1) is 13.4. The summed E-state index contributed by atoms with van der Waals surface area (Å²) in [5, 5.41) is 8.78. The predicted molar refractivity (Wildman–Crippen MR) is 70.8 cm³/mol. The van der Waals surface area contributed by atoms with E-state index < -0.39 is 0 Å². The van der Waals surface area contributed by atoms with E-state index in [1.54, 1.807) is 0 Å². The van der Waals surface area contributed by atoms with Crippen molar-refractivity contribution in [2.24, 2.45) is 0 Å². The lowest BCUT2D eigenvalue weighted by Gasteiger charge is -2.41. The molecule has 0 radical (unpaired) electrons. The predicted octanol–water partition coefficient (Wildman–Crippen LogP) is 3.39. The van der Waals surface area contributed by atoms with E-state index in [0.717, 1.165) is 25.7 Å². The average Bonchev–Trinajstić information content (AvgIpc) is 2.42. The molecule has 0 spiro atoms. The van der Waals surface area contributed by atoms with Gasteiger partial charge in [0.05, 0.1) is 6.07 Å². The maximum Gasteiger partial charge on any atom is 0.237 e. The van der Waals surface area contributed by atoms with Crippen LogP contribution in [0.3, 0.4) is 0 Å². The van der Waals surface area contributed by atoms with Gasteiger partial charge in [0.2, 0.25) is 5.91 Å². The van der Waals surface area contributed by atoms with Crippen LogP contribution in [-0.2, 0) is 4.79 Å². The van der Waals surface area contributed by atoms with Gasteiger partial charge in [-0.2, -0.15) is 5.26 Å². The lowest BCUT2D eigenvalue weighted by atomic mass is 9.88. The van der Waals surface area contributed by atoms with Crippen LogP contribution in [0.4, 0.5) is 0 Å². The number of hydrogen-bond acceptors (Lipinski definition) is 2. The second-order valence-corrected chi connectivity index (χ2v) is 5.72. The van der Waals surface area contributed by atoms with Crippen LogP contribution in [0.25, 0.3) is 0 Å². The average molecular weight is 248 g/mol. The van der Waals surface area contributed by atoms with Crippen molar-refractivity contribution in [3.8, 4) is 6.07 Å². The molecule has 3 nitrogen and oxygen atoms in total. The molecule has 18 heavy (non-hydrogen) atoms. The van der Waals surface area contributed by atoms with Crippen LogP contribution in [0, 0.1) is 11.3 Å². The Morgan fingerprint density at radius 1 is 0.944 bits per heavy atom. The van der Waals surface area contributed by atoms with E-state index in [1.165, 1.54) is 38.5 Å². The summed E-state index contributed by atoms with van der Waals surface area (Å²) < 4.78 is 0. The maximum absolute atomic E-state index is 12.2. The van der Waals surface area contributed by atoms with Crippen molar-refractivity contribution in [3.05, 3.63) is 0 Å². The fraction of sp³-hybridized carbons (Fsp3) is 0.867. The lowest BCUT2D eigenvalue weighted by Crippen LogP contribution is -2.48. The summed E-state index contributed by atoms with van der Waals surface area (Å²) in [6.07, 6.45) is 12.2. The first-order valence-corrected chi connectivity index (χ1v) is 7.51. The Morgan fingerprint density at radius 2 is 1.39 bits per heavy atom. The molecule has 2 aliphatic carbocycles. The highest BCUT2D eigenvalue weighted by Crippen LogP contribution is 2.30. The summed E-state index contributed by atoms with van der Waals surface area (Å²) in [5.74, 6) is 0.0799. The highest BCUT2D eigenvalue weighted by molar-refractivity contribution is 5.79. The van der Waals surface area contributed by atoms with Crippen molar-refractivity contribution in [1.82, 2.24) is 4.90 Å². The number of amides is 1. The molecule has 0 aromatic heterocycles. The molecule has 0 aliphatic heterocycles. The molecule has 0 aromatic carbocycles. The number of rotatable bonds is 3. The molecule has 2 aliphatic rings. The van der Waals surface area contributed by atoms with Crippen molar-refractivity contribution < 1.29 is 4.79 Å². The molecule has 0 unspecified atom stereocenters. The molecule has 0 aromatic rings. The molecule has 100 valence electrons. The zero-order valence-electron chi connectivity index (χ0n) is 11.2. The standard InChI is InChI=1S/C15H24N2O/c16-12-11-15(18)17(13-7-3-1-4-8-13)14-9-5-2-6-10-14/h13-14H,1-11H2. The molecule has 0 heterocycles. The lowest BCUT2D eigenvalue weighted by molar-refractivity contribution is -0.136. The largest absolute Gasteiger partial charge is 0.336 e. The fourth-order valence-corrected chi connectivity index (χ4v) is 3.58. The van der Waals surface area contributed by atoms with Gasteiger partial charge in [0.1, 0.15) is 6.42 Å². The third-order valence-corrected chi connectivity index (χ3v) is 4.45. The van der Waals surface area contributed by atoms with Gasteiger partial charge in [-0.1, -0.05) is 38.5 Å². The van der Waals surface area contributed by atoms with Crippen LogP contribution in [0.2, 0.25) is 0 Å². The molecule has 0 bridgehead atoms. The number of carbonyl (C=O) groups excluding carboxylic acids is 1. The quantitative estimate of drug-likeness (QED) is 0.768. The van der Waals surface area contributed by atoms with Gasteiger partial charge in [-0.3, -0.25) is 4.79 Å². The molecule has 3 heteroatoms. The number of hydrogen-bond donors (Lipinski definition) is 0. The monoisotopic (exact) mass is 248 g/mol. The molecule has 0 atom stereocenters. The van der Waals surface area contributed by atoms with Gasteiger partial charge in [-0.15, -0.1) is 0 Å². The molecule has 2 saturated carbocycles. The van der Waals surface area contributed by atoms with Crippen LogP contribution in [-0.4, -0.2) is 22.9 Å². The smallest absolute Gasteiger partial charge is 0.237 e. The molecule has 2 rings (SSSR count). The first-order chi connectivity index (χ1) is 8.83. The minimum absolute atomic E-state index is 0.0625. The Kier molecular flexibility index (Phi) is 5.04. The minimum Gasteiger partial charge on any atom is -0.336 e. The van der Waals surface area contributed by atoms with Gasteiger partial charge in [-0.25, -0.2) is 0 Å². The van der Waals surface area contributed by atoms with E-state index in [-0.39, 0.29) is 12.3 Å². The van der Waals surface area contributed by atoms with Gasteiger partial charge >= 0.3 is 0 Å². The summed E-state index contributed by atoms with van der Waals surface area (Å²) in [6, 6.07) is 2.87. The zero-order valence-corrected chi connectivity index (χ0v) is 11.2. The fourth-order valence-electron chi connectivity index (χ4n) is 3.58. The Bertz CT molecular complexity index is 291. The van der Waals surface area contributed by atoms with Crippen molar-refractivity contribution in [2.45, 2.75) is 82.7 Å². The SMILES string of the molecule is N#CCC(=O)N(C1CCCCC1)C1CCCCC1. The van der Waals surface area contributed by atoms with E-state index in [4.69, 9.17) is 5.26 Å². The number of carbonyl (C=O) groups is 1. The third-order valence-electron chi connectivity index (χ3n) is 4.45. The highest BCUT2D eigenvalue weighted by atomic mass is 16.2. The van der Waals surface area contributed by atoms with Crippen molar-refractivity contribution in [1.29, 1.82) is 5.26 Å². The van der Waals surface area contributed by atoms with Crippen LogP contribution in [0.1, 0.15) is 70.6 Å². The Labute approximate surface area is 110 Å². The van der Waals surface area contributed by atoms with Crippen molar-refractivity contribution in [3.63, 3.8) is 0 Å². The summed E-state index contributed by atoms with van der Waals surface area (Å²) in [4.78, 5) is 14.4. The van der Waals surface area contributed by atoms with Crippen LogP contribution in [0.5, 0.6) is 0 Å². The number of nitrogens with zero attached hydrogens (tertiary/aromatic N) is 2.